The van der Waals surface area contributed by atoms with E-state index in [2.05, 4.69) is 26.1 Å². The Kier molecular flexibility index (Phi) is 4.12. The molecule has 0 aliphatic carbocycles. The molecule has 0 saturated heterocycles. The van der Waals surface area contributed by atoms with Crippen molar-refractivity contribution in [3.8, 4) is 11.4 Å². The summed E-state index contributed by atoms with van der Waals surface area (Å²) in [4.78, 5) is 9.99. The van der Waals surface area contributed by atoms with Gasteiger partial charge >= 0.3 is 0 Å². The van der Waals surface area contributed by atoms with E-state index in [4.69, 9.17) is 0 Å². The Morgan fingerprint density at radius 3 is 2.65 bits per heavy atom. The average Bonchev–Trinajstić information content (AvgIpc) is 2.82. The van der Waals surface area contributed by atoms with Crippen LogP contribution in [-0.4, -0.2) is 19.7 Å². The smallest absolute Gasteiger partial charge is 0.272 e. The Morgan fingerprint density at radius 1 is 1.45 bits per heavy atom. The molecule has 1 heterocycles. The molecule has 2 rings (SSSR count). The predicted octanol–water partition coefficient (Wildman–Crippen LogP) is 3.47. The Bertz CT molecular complexity index is 657. The zero-order chi connectivity index (χ0) is 14.9. The van der Waals surface area contributed by atoms with E-state index in [1.807, 2.05) is 13.8 Å². The van der Waals surface area contributed by atoms with Crippen molar-refractivity contribution in [1.29, 1.82) is 0 Å². The van der Waals surface area contributed by atoms with E-state index < -0.39 is 10.7 Å². The molecule has 0 spiro atoms. The molecule has 106 valence electrons. The first-order chi connectivity index (χ1) is 9.45. The van der Waals surface area contributed by atoms with E-state index in [1.165, 1.54) is 12.1 Å². The molecule has 0 aliphatic rings. The lowest BCUT2D eigenvalue weighted by Gasteiger charge is -2.13. The van der Waals surface area contributed by atoms with Crippen molar-refractivity contribution < 1.29 is 9.31 Å². The molecule has 0 unspecified atom stereocenters. The fraction of sp³-hybridized carbons (Fsp3) is 0.333. The van der Waals surface area contributed by atoms with Crippen LogP contribution in [0.25, 0.3) is 11.4 Å². The minimum absolute atomic E-state index is 0.0436. The summed E-state index contributed by atoms with van der Waals surface area (Å²) in [6, 6.07) is 3.55. The predicted molar refractivity (Wildman–Crippen MR) is 75.1 cm³/mol. The highest BCUT2D eigenvalue weighted by Gasteiger charge is 2.20. The summed E-state index contributed by atoms with van der Waals surface area (Å²) in [5.41, 5.74) is -0.0911. The van der Waals surface area contributed by atoms with Crippen LogP contribution in [0.5, 0.6) is 0 Å². The van der Waals surface area contributed by atoms with Crippen LogP contribution in [0.4, 0.5) is 10.1 Å². The van der Waals surface area contributed by atoms with Crippen molar-refractivity contribution in [2.24, 2.45) is 0 Å². The first kappa shape index (κ1) is 14.6. The van der Waals surface area contributed by atoms with Gasteiger partial charge < -0.3 is 4.57 Å². The quantitative estimate of drug-likeness (QED) is 0.484. The molecule has 20 heavy (non-hydrogen) atoms. The molecular weight excluding hydrogens is 331 g/mol. The van der Waals surface area contributed by atoms with Crippen molar-refractivity contribution in [3.63, 3.8) is 0 Å². The van der Waals surface area contributed by atoms with Gasteiger partial charge in [-0.15, -0.1) is 10.2 Å². The van der Waals surface area contributed by atoms with Crippen molar-refractivity contribution in [3.05, 3.63) is 40.0 Å². The number of hydrogen-bond donors (Lipinski definition) is 0. The van der Waals surface area contributed by atoms with Crippen LogP contribution in [0.2, 0.25) is 0 Å². The van der Waals surface area contributed by atoms with Gasteiger partial charge in [0.2, 0.25) is 0 Å². The third kappa shape index (κ3) is 2.55. The first-order valence-corrected chi connectivity index (χ1v) is 7.02. The highest BCUT2D eigenvalue weighted by molar-refractivity contribution is 9.08. The molecule has 8 heteroatoms. The van der Waals surface area contributed by atoms with Gasteiger partial charge in [0.15, 0.2) is 5.82 Å². The second-order valence-electron chi connectivity index (χ2n) is 4.46. The van der Waals surface area contributed by atoms with E-state index in [-0.39, 0.29) is 17.3 Å². The van der Waals surface area contributed by atoms with E-state index in [0.29, 0.717) is 17.0 Å². The Balaban J connectivity index is 2.57. The van der Waals surface area contributed by atoms with Crippen LogP contribution in [0, 0.1) is 15.9 Å². The van der Waals surface area contributed by atoms with Gasteiger partial charge in [-0.05, 0) is 19.9 Å². The van der Waals surface area contributed by atoms with Crippen molar-refractivity contribution in [1.82, 2.24) is 14.8 Å². The number of benzene rings is 1. The Labute approximate surface area is 122 Å². The summed E-state index contributed by atoms with van der Waals surface area (Å²) in [5, 5.41) is 19.1. The number of nitro benzene ring substituents is 1. The van der Waals surface area contributed by atoms with Gasteiger partial charge in [-0.1, -0.05) is 15.9 Å². The molecular formula is C12H12BrFN4O2. The minimum atomic E-state index is -0.686. The standard InChI is InChI=1S/C12H12BrFN4O2/c1-7(2)17-11(6-13)15-16-12(17)9-4-3-8(18(19)20)5-10(9)14/h3-5,7H,6H2,1-2H3. The normalized spacial score (nSPS) is 11.1. The highest BCUT2D eigenvalue weighted by Crippen LogP contribution is 2.28. The van der Waals surface area contributed by atoms with E-state index in [0.717, 1.165) is 6.07 Å². The molecule has 0 atom stereocenters. The molecule has 0 amide bonds. The van der Waals surface area contributed by atoms with Crippen LogP contribution in [0.15, 0.2) is 18.2 Å². The number of aromatic nitrogens is 3. The van der Waals surface area contributed by atoms with E-state index in [9.17, 15) is 14.5 Å². The third-order valence-electron chi connectivity index (χ3n) is 2.81. The second-order valence-corrected chi connectivity index (χ2v) is 5.02. The Hall–Kier alpha value is -1.83. The summed E-state index contributed by atoms with van der Waals surface area (Å²) in [6.07, 6.45) is 0. The minimum Gasteiger partial charge on any atom is -0.308 e. The number of nitrogens with zero attached hydrogens (tertiary/aromatic N) is 4. The molecule has 0 saturated carbocycles. The van der Waals surface area contributed by atoms with Crippen LogP contribution in [0.1, 0.15) is 25.7 Å². The molecule has 6 nitrogen and oxygen atoms in total. The van der Waals surface area contributed by atoms with Crippen LogP contribution in [0.3, 0.4) is 0 Å². The lowest BCUT2D eigenvalue weighted by molar-refractivity contribution is -0.385. The third-order valence-corrected chi connectivity index (χ3v) is 3.31. The molecule has 0 fully saturated rings. The molecule has 2 aromatic rings. The number of halogens is 2. The van der Waals surface area contributed by atoms with Gasteiger partial charge in [0.05, 0.1) is 21.9 Å². The summed E-state index contributed by atoms with van der Waals surface area (Å²) in [5.74, 6) is 0.351. The average molecular weight is 343 g/mol. The topological polar surface area (TPSA) is 73.8 Å². The maximum Gasteiger partial charge on any atom is 0.272 e. The van der Waals surface area contributed by atoms with Gasteiger partial charge in [-0.25, -0.2) is 4.39 Å². The highest BCUT2D eigenvalue weighted by atomic mass is 79.9. The zero-order valence-corrected chi connectivity index (χ0v) is 12.5. The number of hydrogen-bond acceptors (Lipinski definition) is 4. The fourth-order valence-electron chi connectivity index (χ4n) is 1.94. The van der Waals surface area contributed by atoms with Gasteiger partial charge in [0, 0.05) is 12.1 Å². The molecule has 0 bridgehead atoms. The zero-order valence-electron chi connectivity index (χ0n) is 10.9. The molecule has 0 N–H and O–H groups in total. The number of rotatable bonds is 4. The SMILES string of the molecule is CC(C)n1c(CBr)nnc1-c1ccc([N+](=O)[O-])cc1F. The largest absolute Gasteiger partial charge is 0.308 e. The van der Waals surface area contributed by atoms with Crippen LogP contribution in [-0.2, 0) is 5.33 Å². The number of non-ortho nitro benzene ring substituents is 1. The van der Waals surface area contributed by atoms with Crippen molar-refractivity contribution in [2.75, 3.05) is 0 Å². The summed E-state index contributed by atoms with van der Waals surface area (Å²) in [7, 11) is 0. The fourth-order valence-corrected chi connectivity index (χ4v) is 2.32. The van der Waals surface area contributed by atoms with Gasteiger partial charge in [-0.3, -0.25) is 10.1 Å². The first-order valence-electron chi connectivity index (χ1n) is 5.89. The number of alkyl halides is 1. The van der Waals surface area contributed by atoms with Crippen molar-refractivity contribution in [2.45, 2.75) is 25.2 Å². The molecule has 0 aliphatic heterocycles. The summed E-state index contributed by atoms with van der Waals surface area (Å²) in [6.45, 7) is 3.87. The van der Waals surface area contributed by atoms with E-state index >= 15 is 0 Å². The van der Waals surface area contributed by atoms with Crippen LogP contribution >= 0.6 is 15.9 Å². The summed E-state index contributed by atoms with van der Waals surface area (Å²) >= 11 is 3.31. The summed E-state index contributed by atoms with van der Waals surface area (Å²) < 4.78 is 15.8. The second kappa shape index (κ2) is 5.66. The lowest BCUT2D eigenvalue weighted by atomic mass is 10.1. The van der Waals surface area contributed by atoms with Gasteiger partial charge in [-0.2, -0.15) is 0 Å². The lowest BCUT2D eigenvalue weighted by Crippen LogP contribution is -2.07. The van der Waals surface area contributed by atoms with Crippen LogP contribution < -0.4 is 0 Å². The molecule has 1 aromatic heterocycles. The monoisotopic (exact) mass is 342 g/mol. The van der Waals surface area contributed by atoms with Gasteiger partial charge in [0.25, 0.3) is 5.69 Å². The Morgan fingerprint density at radius 2 is 2.15 bits per heavy atom. The number of nitro groups is 1. The maximum absolute atomic E-state index is 14.1. The van der Waals surface area contributed by atoms with E-state index in [1.54, 1.807) is 4.57 Å². The molecule has 1 aromatic carbocycles. The van der Waals surface area contributed by atoms with Crippen molar-refractivity contribution >= 4 is 21.6 Å². The van der Waals surface area contributed by atoms with Gasteiger partial charge in [0.1, 0.15) is 11.6 Å². The molecule has 0 radical (unpaired) electrons. The maximum atomic E-state index is 14.1.